The van der Waals surface area contributed by atoms with Gasteiger partial charge in [0, 0.05) is 32.2 Å². The molecule has 2 fully saturated rings. The van der Waals surface area contributed by atoms with E-state index in [0.29, 0.717) is 11.7 Å². The van der Waals surface area contributed by atoms with E-state index in [1.165, 1.54) is 24.9 Å². The van der Waals surface area contributed by atoms with E-state index < -0.39 is 0 Å². The van der Waals surface area contributed by atoms with Gasteiger partial charge in [-0.1, -0.05) is 35.5 Å². The van der Waals surface area contributed by atoms with Gasteiger partial charge in [0.1, 0.15) is 6.10 Å². The Kier molecular flexibility index (Phi) is 5.33. The lowest BCUT2D eigenvalue weighted by Gasteiger charge is -2.21. The van der Waals surface area contributed by atoms with Crippen LogP contribution in [-0.2, 0) is 11.3 Å². The average Bonchev–Trinajstić information content (AvgIpc) is 3.39. The summed E-state index contributed by atoms with van der Waals surface area (Å²) in [6, 6.07) is 11.7. The molecule has 0 radical (unpaired) electrons. The standard InChI is InChI=1S/C20H28N4O2/c1-15(25-2)20-21-19(26-22-20)14-23-9-6-10-24(12-11-23)18-13-17(18)16-7-4-3-5-8-16/h3-5,7-8,15,17-18H,6,9-14H2,1-2H3. The minimum Gasteiger partial charge on any atom is -0.374 e. The zero-order valence-corrected chi connectivity index (χ0v) is 15.7. The molecule has 0 bridgehead atoms. The SMILES string of the molecule is COC(C)c1noc(CN2CCCN(C3CC3c3ccccc3)CC2)n1. The van der Waals surface area contributed by atoms with Crippen molar-refractivity contribution >= 4 is 0 Å². The molecule has 2 aliphatic rings. The monoisotopic (exact) mass is 356 g/mol. The first kappa shape index (κ1) is 17.6. The van der Waals surface area contributed by atoms with Gasteiger partial charge >= 0.3 is 0 Å². The highest BCUT2D eigenvalue weighted by atomic mass is 16.5. The van der Waals surface area contributed by atoms with Crippen LogP contribution in [-0.4, -0.2) is 59.3 Å². The van der Waals surface area contributed by atoms with E-state index in [9.17, 15) is 0 Å². The maximum absolute atomic E-state index is 5.40. The fraction of sp³-hybridized carbons (Fsp3) is 0.600. The van der Waals surface area contributed by atoms with Crippen LogP contribution in [0.2, 0.25) is 0 Å². The summed E-state index contributed by atoms with van der Waals surface area (Å²) in [5.41, 5.74) is 1.49. The Morgan fingerprint density at radius 1 is 1.19 bits per heavy atom. The molecule has 6 heteroatoms. The first-order valence-corrected chi connectivity index (χ1v) is 9.61. The minimum absolute atomic E-state index is 0.128. The van der Waals surface area contributed by atoms with Crippen LogP contribution in [0.1, 0.15) is 49.1 Å². The number of aromatic nitrogens is 2. The number of ether oxygens (including phenoxy) is 1. The minimum atomic E-state index is -0.128. The zero-order chi connectivity index (χ0) is 17.9. The summed E-state index contributed by atoms with van der Waals surface area (Å²) in [7, 11) is 1.66. The highest BCUT2D eigenvalue weighted by molar-refractivity contribution is 5.27. The predicted octanol–water partition coefficient (Wildman–Crippen LogP) is 2.84. The molecule has 0 amide bonds. The van der Waals surface area contributed by atoms with Crippen molar-refractivity contribution in [2.75, 3.05) is 33.3 Å². The van der Waals surface area contributed by atoms with Crippen LogP contribution in [0.25, 0.3) is 0 Å². The van der Waals surface area contributed by atoms with E-state index in [1.54, 1.807) is 7.11 Å². The lowest BCUT2D eigenvalue weighted by molar-refractivity contribution is 0.109. The molecular weight excluding hydrogens is 328 g/mol. The van der Waals surface area contributed by atoms with Gasteiger partial charge in [-0.3, -0.25) is 9.80 Å². The Morgan fingerprint density at radius 2 is 2.04 bits per heavy atom. The molecule has 1 saturated carbocycles. The summed E-state index contributed by atoms with van der Waals surface area (Å²) in [6.45, 7) is 7.08. The zero-order valence-electron chi connectivity index (χ0n) is 15.7. The Morgan fingerprint density at radius 3 is 2.85 bits per heavy atom. The van der Waals surface area contributed by atoms with Gasteiger partial charge in [0.05, 0.1) is 6.54 Å². The van der Waals surface area contributed by atoms with Gasteiger partial charge < -0.3 is 9.26 Å². The maximum atomic E-state index is 5.40. The molecule has 1 aliphatic carbocycles. The molecule has 0 N–H and O–H groups in total. The van der Waals surface area contributed by atoms with Gasteiger partial charge in [0.15, 0.2) is 5.82 Å². The van der Waals surface area contributed by atoms with Crippen molar-refractivity contribution in [2.24, 2.45) is 0 Å². The van der Waals surface area contributed by atoms with Gasteiger partial charge in [-0.25, -0.2) is 0 Å². The molecule has 1 aliphatic heterocycles. The third-order valence-corrected chi connectivity index (χ3v) is 5.64. The summed E-state index contributed by atoms with van der Waals surface area (Å²) >= 11 is 0. The summed E-state index contributed by atoms with van der Waals surface area (Å²) in [6.07, 6.45) is 2.36. The Balaban J connectivity index is 1.29. The lowest BCUT2D eigenvalue weighted by atomic mass is 10.1. The molecule has 140 valence electrons. The summed E-state index contributed by atoms with van der Waals surface area (Å²) in [5, 5.41) is 4.02. The number of nitrogens with zero attached hydrogens (tertiary/aromatic N) is 4. The lowest BCUT2D eigenvalue weighted by Crippen LogP contribution is -2.32. The van der Waals surface area contributed by atoms with E-state index in [4.69, 9.17) is 9.26 Å². The van der Waals surface area contributed by atoms with Crippen LogP contribution in [0.3, 0.4) is 0 Å². The van der Waals surface area contributed by atoms with Crippen molar-refractivity contribution < 1.29 is 9.26 Å². The van der Waals surface area contributed by atoms with Crippen LogP contribution in [0.15, 0.2) is 34.9 Å². The van der Waals surface area contributed by atoms with Crippen LogP contribution in [0, 0.1) is 0 Å². The molecule has 6 nitrogen and oxygen atoms in total. The second-order valence-electron chi connectivity index (χ2n) is 7.41. The molecule has 3 unspecified atom stereocenters. The van der Waals surface area contributed by atoms with Crippen LogP contribution in [0.5, 0.6) is 0 Å². The number of hydrogen-bond donors (Lipinski definition) is 0. The van der Waals surface area contributed by atoms with Crippen LogP contribution in [0.4, 0.5) is 0 Å². The van der Waals surface area contributed by atoms with Gasteiger partial charge in [-0.15, -0.1) is 0 Å². The third-order valence-electron chi connectivity index (χ3n) is 5.64. The van der Waals surface area contributed by atoms with E-state index in [-0.39, 0.29) is 6.10 Å². The largest absolute Gasteiger partial charge is 0.374 e. The molecule has 26 heavy (non-hydrogen) atoms. The van der Waals surface area contributed by atoms with Crippen LogP contribution >= 0.6 is 0 Å². The van der Waals surface area contributed by atoms with Gasteiger partial charge in [-0.2, -0.15) is 4.98 Å². The molecule has 2 heterocycles. The number of methoxy groups -OCH3 is 1. The van der Waals surface area contributed by atoms with Gasteiger partial charge in [0.2, 0.25) is 5.89 Å². The van der Waals surface area contributed by atoms with Crippen molar-refractivity contribution in [1.29, 1.82) is 0 Å². The van der Waals surface area contributed by atoms with Crippen LogP contribution < -0.4 is 0 Å². The first-order chi connectivity index (χ1) is 12.7. The molecule has 1 saturated heterocycles. The fourth-order valence-electron chi connectivity index (χ4n) is 3.92. The molecule has 2 aromatic rings. The molecule has 4 rings (SSSR count). The topological polar surface area (TPSA) is 54.6 Å². The fourth-order valence-corrected chi connectivity index (χ4v) is 3.92. The number of hydrogen-bond acceptors (Lipinski definition) is 6. The Labute approximate surface area is 155 Å². The van der Waals surface area contributed by atoms with Gasteiger partial charge in [-0.05, 0) is 38.4 Å². The molecule has 0 spiro atoms. The normalized spacial score (nSPS) is 25.8. The smallest absolute Gasteiger partial charge is 0.240 e. The number of benzene rings is 1. The summed E-state index contributed by atoms with van der Waals surface area (Å²) in [5.74, 6) is 2.03. The average molecular weight is 356 g/mol. The summed E-state index contributed by atoms with van der Waals surface area (Å²) in [4.78, 5) is 9.56. The van der Waals surface area contributed by atoms with E-state index in [0.717, 1.165) is 38.1 Å². The first-order valence-electron chi connectivity index (χ1n) is 9.61. The van der Waals surface area contributed by atoms with Crippen molar-refractivity contribution in [3.05, 3.63) is 47.6 Å². The maximum Gasteiger partial charge on any atom is 0.240 e. The second-order valence-corrected chi connectivity index (χ2v) is 7.41. The summed E-state index contributed by atoms with van der Waals surface area (Å²) < 4.78 is 10.6. The predicted molar refractivity (Wildman–Crippen MR) is 98.8 cm³/mol. The quantitative estimate of drug-likeness (QED) is 0.793. The van der Waals surface area contributed by atoms with Crippen molar-refractivity contribution in [1.82, 2.24) is 19.9 Å². The molecular formula is C20H28N4O2. The van der Waals surface area contributed by atoms with Gasteiger partial charge in [0.25, 0.3) is 0 Å². The van der Waals surface area contributed by atoms with Crippen molar-refractivity contribution in [2.45, 2.75) is 44.4 Å². The Bertz CT molecular complexity index is 705. The van der Waals surface area contributed by atoms with E-state index in [1.807, 2.05) is 6.92 Å². The molecule has 3 atom stereocenters. The Hall–Kier alpha value is -1.76. The molecule has 1 aromatic carbocycles. The molecule has 1 aromatic heterocycles. The highest BCUT2D eigenvalue weighted by Crippen LogP contribution is 2.44. The van der Waals surface area contributed by atoms with E-state index in [2.05, 4.69) is 50.3 Å². The van der Waals surface area contributed by atoms with E-state index >= 15 is 0 Å². The third kappa shape index (κ3) is 3.98. The highest BCUT2D eigenvalue weighted by Gasteiger charge is 2.42. The number of rotatable bonds is 6. The van der Waals surface area contributed by atoms with Crippen molar-refractivity contribution in [3.63, 3.8) is 0 Å². The van der Waals surface area contributed by atoms with Crippen molar-refractivity contribution in [3.8, 4) is 0 Å². The second kappa shape index (κ2) is 7.86.